The zero-order chi connectivity index (χ0) is 20.3. The van der Waals surface area contributed by atoms with Crippen LogP contribution in [0.25, 0.3) is 0 Å². The number of amides is 1. The molecule has 1 atom stereocenters. The number of nitrogens with zero attached hydrogens (tertiary/aromatic N) is 2. The van der Waals surface area contributed by atoms with Crippen molar-refractivity contribution in [3.8, 4) is 0 Å². The molecule has 2 aromatic rings. The van der Waals surface area contributed by atoms with E-state index in [-0.39, 0.29) is 11.9 Å². The average molecular weight is 440 g/mol. The first-order chi connectivity index (χ1) is 13.4. The highest BCUT2D eigenvalue weighted by Gasteiger charge is 2.33. The second-order valence-electron chi connectivity index (χ2n) is 6.60. The first-order valence-corrected chi connectivity index (χ1v) is 10.5. The Morgan fingerprint density at radius 2 is 1.96 bits per heavy atom. The predicted octanol–water partition coefficient (Wildman–Crippen LogP) is 3.37. The molecule has 1 N–H and O–H groups in total. The first-order valence-electron chi connectivity index (χ1n) is 8.93. The molecule has 0 bridgehead atoms. The molecule has 1 aromatic carbocycles. The molecule has 1 saturated heterocycles. The van der Waals surface area contributed by atoms with E-state index in [1.807, 2.05) is 34.9 Å². The smallest absolute Gasteiger partial charge is 0.327 e. The summed E-state index contributed by atoms with van der Waals surface area (Å²) in [6, 6.07) is 6.71. The van der Waals surface area contributed by atoms with Crippen molar-refractivity contribution in [1.82, 2.24) is 14.8 Å². The van der Waals surface area contributed by atoms with E-state index < -0.39 is 6.04 Å². The fourth-order valence-electron chi connectivity index (χ4n) is 3.37. The largest absolute Gasteiger partial charge is 0.468 e. The normalized spacial score (nSPS) is 16.0. The Morgan fingerprint density at radius 1 is 1.29 bits per heavy atom. The van der Waals surface area contributed by atoms with Gasteiger partial charge in [-0.3, -0.25) is 9.69 Å². The van der Waals surface area contributed by atoms with Crippen LogP contribution in [0.15, 0.2) is 24.3 Å². The third-order valence-electron chi connectivity index (χ3n) is 4.89. The number of rotatable bonds is 5. The van der Waals surface area contributed by atoms with Crippen LogP contribution in [0.1, 0.15) is 22.2 Å². The molecule has 0 saturated carbocycles. The van der Waals surface area contributed by atoms with Gasteiger partial charge in [0.1, 0.15) is 6.04 Å². The zero-order valence-electron chi connectivity index (χ0n) is 15.7. The first kappa shape index (κ1) is 21.0. The van der Waals surface area contributed by atoms with E-state index in [0.29, 0.717) is 41.6 Å². The maximum absolute atomic E-state index is 12.7. The molecular weight excluding hydrogens is 418 g/mol. The number of thiazole rings is 1. The van der Waals surface area contributed by atoms with Crippen molar-refractivity contribution in [1.29, 1.82) is 0 Å². The van der Waals surface area contributed by atoms with Gasteiger partial charge in [-0.25, -0.2) is 4.79 Å². The summed E-state index contributed by atoms with van der Waals surface area (Å²) in [5, 5.41) is 0.528. The Balaban J connectivity index is 1.68. The topological polar surface area (TPSA) is 65.6 Å². The van der Waals surface area contributed by atoms with Crippen LogP contribution in [0.2, 0.25) is 5.02 Å². The fraction of sp³-hybridized carbons (Fsp3) is 0.421. The van der Waals surface area contributed by atoms with Crippen LogP contribution in [0.3, 0.4) is 0 Å². The molecule has 6 nitrogen and oxygen atoms in total. The van der Waals surface area contributed by atoms with Gasteiger partial charge in [0.15, 0.2) is 3.95 Å². The monoisotopic (exact) mass is 439 g/mol. The summed E-state index contributed by atoms with van der Waals surface area (Å²) in [6.45, 7) is 4.16. The van der Waals surface area contributed by atoms with Gasteiger partial charge < -0.3 is 14.6 Å². The molecular formula is C19H22ClN3O3S2. The van der Waals surface area contributed by atoms with Gasteiger partial charge in [0.25, 0.3) is 0 Å². The van der Waals surface area contributed by atoms with E-state index in [1.54, 1.807) is 6.07 Å². The highest BCUT2D eigenvalue weighted by Crippen LogP contribution is 2.29. The minimum atomic E-state index is -0.576. The third-order valence-corrected chi connectivity index (χ3v) is 6.57. The number of carbonyl (C=O) groups excluding carboxylic acids is 2. The van der Waals surface area contributed by atoms with Crippen LogP contribution in [0.5, 0.6) is 0 Å². The van der Waals surface area contributed by atoms with Gasteiger partial charge in [0.2, 0.25) is 5.91 Å². The second-order valence-corrected chi connectivity index (χ2v) is 8.78. The number of halogens is 1. The van der Waals surface area contributed by atoms with Crippen LogP contribution < -0.4 is 0 Å². The molecule has 1 aliphatic heterocycles. The number of esters is 1. The molecule has 0 spiro atoms. The van der Waals surface area contributed by atoms with E-state index in [0.717, 1.165) is 16.1 Å². The van der Waals surface area contributed by atoms with Gasteiger partial charge in [-0.2, -0.15) is 0 Å². The summed E-state index contributed by atoms with van der Waals surface area (Å²) < 4.78 is 5.70. The minimum absolute atomic E-state index is 0.0698. The van der Waals surface area contributed by atoms with Gasteiger partial charge >= 0.3 is 5.97 Å². The minimum Gasteiger partial charge on any atom is -0.468 e. The van der Waals surface area contributed by atoms with E-state index in [2.05, 4.69) is 4.98 Å². The van der Waals surface area contributed by atoms with Gasteiger partial charge in [-0.15, -0.1) is 11.3 Å². The van der Waals surface area contributed by atoms with Crippen molar-refractivity contribution in [2.75, 3.05) is 33.3 Å². The number of aryl methyl sites for hydroxylation is 1. The number of nitrogens with one attached hydrogen (secondary N) is 1. The maximum atomic E-state index is 12.7. The number of benzene rings is 1. The predicted molar refractivity (Wildman–Crippen MR) is 112 cm³/mol. The summed E-state index contributed by atoms with van der Waals surface area (Å²) in [5.41, 5.74) is 1.67. The fourth-order valence-corrected chi connectivity index (χ4v) is 4.89. The van der Waals surface area contributed by atoms with Gasteiger partial charge in [-0.1, -0.05) is 29.8 Å². The number of carbonyl (C=O) groups is 2. The highest BCUT2D eigenvalue weighted by atomic mass is 35.5. The van der Waals surface area contributed by atoms with Crippen LogP contribution >= 0.6 is 35.2 Å². The Hall–Kier alpha value is -1.74. The lowest BCUT2D eigenvalue weighted by atomic mass is 10.0. The highest BCUT2D eigenvalue weighted by molar-refractivity contribution is 7.73. The van der Waals surface area contributed by atoms with Crippen molar-refractivity contribution in [3.63, 3.8) is 0 Å². The van der Waals surface area contributed by atoms with Crippen LogP contribution in [-0.4, -0.2) is 59.9 Å². The summed E-state index contributed by atoms with van der Waals surface area (Å²) in [5.74, 6) is -0.282. The second kappa shape index (κ2) is 9.17. The lowest BCUT2D eigenvalue weighted by molar-refractivity contribution is -0.148. The quantitative estimate of drug-likeness (QED) is 0.571. The molecule has 28 heavy (non-hydrogen) atoms. The van der Waals surface area contributed by atoms with E-state index in [9.17, 15) is 9.59 Å². The number of aromatic amines is 1. The zero-order valence-corrected chi connectivity index (χ0v) is 18.1. The van der Waals surface area contributed by atoms with E-state index in [1.165, 1.54) is 18.4 Å². The van der Waals surface area contributed by atoms with Gasteiger partial charge in [-0.05, 0) is 30.8 Å². The van der Waals surface area contributed by atoms with Gasteiger partial charge in [0, 0.05) is 41.8 Å². The molecule has 9 heteroatoms. The average Bonchev–Trinajstić information content (AvgIpc) is 3.00. The van der Waals surface area contributed by atoms with Gasteiger partial charge in [0.05, 0.1) is 13.5 Å². The number of methoxy groups -OCH3 is 1. The number of hydrogen-bond donors (Lipinski definition) is 1. The summed E-state index contributed by atoms with van der Waals surface area (Å²) in [4.78, 5) is 33.0. The molecule has 2 heterocycles. The SMILES string of the molecule is COC(=O)[C@H](c1ccccc1Cl)N1CCN(C(=O)Cc2sc(=S)[nH]c2C)CC1. The van der Waals surface area contributed by atoms with Crippen LogP contribution in [0.4, 0.5) is 0 Å². The third kappa shape index (κ3) is 4.63. The van der Waals surface area contributed by atoms with Crippen LogP contribution in [-0.2, 0) is 20.7 Å². The summed E-state index contributed by atoms with van der Waals surface area (Å²) in [7, 11) is 1.37. The Morgan fingerprint density at radius 3 is 2.54 bits per heavy atom. The number of aromatic nitrogens is 1. The maximum Gasteiger partial charge on any atom is 0.327 e. The molecule has 1 aromatic heterocycles. The summed E-state index contributed by atoms with van der Waals surface area (Å²) >= 11 is 12.9. The van der Waals surface area contributed by atoms with Crippen LogP contribution in [0, 0.1) is 10.9 Å². The number of ether oxygens (including phenoxy) is 1. The molecule has 0 radical (unpaired) electrons. The molecule has 1 aliphatic rings. The van der Waals surface area contributed by atoms with Crippen molar-refractivity contribution < 1.29 is 14.3 Å². The van der Waals surface area contributed by atoms with E-state index in [4.69, 9.17) is 28.6 Å². The Bertz CT molecular complexity index is 919. The lowest BCUT2D eigenvalue weighted by Crippen LogP contribution is -2.51. The lowest BCUT2D eigenvalue weighted by Gasteiger charge is -2.38. The standard InChI is InChI=1S/C19H22ClN3O3S2/c1-12-15(28-19(27)21-12)11-16(24)22-7-9-23(10-8-22)17(18(25)26-2)13-5-3-4-6-14(13)20/h3-6,17H,7-11H2,1-2H3,(H,21,27)/t17-/m0/s1. The van der Waals surface area contributed by atoms with E-state index >= 15 is 0 Å². The summed E-state index contributed by atoms with van der Waals surface area (Å²) in [6.07, 6.45) is 0.342. The molecule has 1 amide bonds. The number of H-pyrrole nitrogens is 1. The van der Waals surface area contributed by atoms with Crippen molar-refractivity contribution >= 4 is 47.0 Å². The number of piperazine rings is 1. The number of hydrogen-bond acceptors (Lipinski definition) is 6. The molecule has 1 fully saturated rings. The molecule has 0 unspecified atom stereocenters. The molecule has 0 aliphatic carbocycles. The van der Waals surface area contributed by atoms with Crippen molar-refractivity contribution in [3.05, 3.63) is 49.4 Å². The Kier molecular flexibility index (Phi) is 6.87. The van der Waals surface area contributed by atoms with Crippen molar-refractivity contribution in [2.24, 2.45) is 0 Å². The van der Waals surface area contributed by atoms with Crippen molar-refractivity contribution in [2.45, 2.75) is 19.4 Å². The molecule has 150 valence electrons. The Labute approximate surface area is 178 Å². The molecule has 3 rings (SSSR count).